The molecule has 0 fully saturated rings. The predicted molar refractivity (Wildman–Crippen MR) is 87.6 cm³/mol. The lowest BCUT2D eigenvalue weighted by atomic mass is 9.89. The van der Waals surface area contributed by atoms with E-state index in [4.69, 9.17) is 23.2 Å². The van der Waals surface area contributed by atoms with E-state index in [2.05, 4.69) is 36.5 Å². The Morgan fingerprint density at radius 3 is 2.35 bits per heavy atom. The first-order valence-electron chi connectivity index (χ1n) is 6.78. The molecule has 3 heteroatoms. The molecule has 106 valence electrons. The molecule has 0 bridgehead atoms. The molecule has 20 heavy (non-hydrogen) atoms. The van der Waals surface area contributed by atoms with E-state index >= 15 is 0 Å². The molecule has 0 amide bonds. The fourth-order valence-electron chi connectivity index (χ4n) is 2.61. The molecule has 0 aliphatic carbocycles. The van der Waals surface area contributed by atoms with Gasteiger partial charge in [0.1, 0.15) is 0 Å². The molecule has 1 N–H and O–H groups in total. The minimum Gasteiger partial charge on any atom is -0.313 e. The Hall–Kier alpha value is -1.02. The summed E-state index contributed by atoms with van der Waals surface area (Å²) in [6, 6.07) is 16.6. The van der Waals surface area contributed by atoms with Crippen molar-refractivity contribution in [2.75, 3.05) is 7.05 Å². The number of rotatable bonds is 5. The van der Waals surface area contributed by atoms with Crippen molar-refractivity contribution in [3.63, 3.8) is 0 Å². The van der Waals surface area contributed by atoms with Crippen molar-refractivity contribution in [3.05, 3.63) is 69.7 Å². The average molecular weight is 308 g/mol. The molecule has 2 rings (SSSR count). The summed E-state index contributed by atoms with van der Waals surface area (Å²) in [6.45, 7) is 2.23. The van der Waals surface area contributed by atoms with Crippen LogP contribution in [0.4, 0.5) is 0 Å². The minimum absolute atomic E-state index is 0.297. The summed E-state index contributed by atoms with van der Waals surface area (Å²) in [6.07, 6.45) is 0.889. The van der Waals surface area contributed by atoms with Gasteiger partial charge in [0.25, 0.3) is 0 Å². The van der Waals surface area contributed by atoms with Crippen LogP contribution in [0.15, 0.2) is 48.5 Å². The molecule has 2 unspecified atom stereocenters. The van der Waals surface area contributed by atoms with Crippen LogP contribution in [-0.2, 0) is 6.42 Å². The largest absolute Gasteiger partial charge is 0.313 e. The zero-order chi connectivity index (χ0) is 14.5. The molecule has 0 aromatic heterocycles. The highest BCUT2D eigenvalue weighted by molar-refractivity contribution is 6.42. The summed E-state index contributed by atoms with van der Waals surface area (Å²) in [5, 5.41) is 4.69. The molecular formula is C17H19Cl2N. The van der Waals surface area contributed by atoms with Gasteiger partial charge in [0.05, 0.1) is 10.0 Å². The summed E-state index contributed by atoms with van der Waals surface area (Å²) in [5.41, 5.74) is 2.39. The molecule has 0 radical (unpaired) electrons. The summed E-state index contributed by atoms with van der Waals surface area (Å²) < 4.78 is 0. The fraction of sp³-hybridized carbons (Fsp3) is 0.294. The quantitative estimate of drug-likeness (QED) is 0.807. The maximum absolute atomic E-state index is 6.28. The van der Waals surface area contributed by atoms with Crippen LogP contribution in [0.3, 0.4) is 0 Å². The highest BCUT2D eigenvalue weighted by Crippen LogP contribution is 2.31. The van der Waals surface area contributed by atoms with Gasteiger partial charge in [0.15, 0.2) is 0 Å². The Kier molecular flexibility index (Phi) is 5.47. The number of halogens is 2. The fourth-order valence-corrected chi connectivity index (χ4v) is 3.01. The van der Waals surface area contributed by atoms with E-state index in [-0.39, 0.29) is 0 Å². The number of hydrogen-bond acceptors (Lipinski definition) is 1. The molecule has 2 aromatic carbocycles. The van der Waals surface area contributed by atoms with Crippen LogP contribution in [0, 0.1) is 5.92 Å². The predicted octanol–water partition coefficient (Wildman–Crippen LogP) is 5.13. The van der Waals surface area contributed by atoms with Crippen LogP contribution in [0.1, 0.15) is 24.1 Å². The maximum atomic E-state index is 6.28. The van der Waals surface area contributed by atoms with E-state index < -0.39 is 0 Å². The van der Waals surface area contributed by atoms with Gasteiger partial charge >= 0.3 is 0 Å². The third-order valence-electron chi connectivity index (χ3n) is 3.61. The lowest BCUT2D eigenvalue weighted by molar-refractivity contribution is 0.409. The molecule has 0 saturated heterocycles. The lowest BCUT2D eigenvalue weighted by Crippen LogP contribution is -2.25. The highest BCUT2D eigenvalue weighted by atomic mass is 35.5. The van der Waals surface area contributed by atoms with Crippen molar-refractivity contribution in [2.24, 2.45) is 5.92 Å². The van der Waals surface area contributed by atoms with E-state index in [9.17, 15) is 0 Å². The van der Waals surface area contributed by atoms with Gasteiger partial charge in [0, 0.05) is 6.04 Å². The topological polar surface area (TPSA) is 12.0 Å². The zero-order valence-electron chi connectivity index (χ0n) is 11.7. The average Bonchev–Trinajstić information content (AvgIpc) is 2.46. The molecule has 2 aromatic rings. The van der Waals surface area contributed by atoms with Crippen LogP contribution >= 0.6 is 23.2 Å². The molecule has 0 spiro atoms. The lowest BCUT2D eigenvalue weighted by Gasteiger charge is -2.24. The van der Waals surface area contributed by atoms with E-state index in [1.54, 1.807) is 0 Å². The van der Waals surface area contributed by atoms with Crippen molar-refractivity contribution < 1.29 is 0 Å². The summed E-state index contributed by atoms with van der Waals surface area (Å²) in [7, 11) is 1.99. The molecular weight excluding hydrogens is 289 g/mol. The third kappa shape index (κ3) is 3.54. The third-order valence-corrected chi connectivity index (χ3v) is 4.47. The first-order chi connectivity index (χ1) is 9.63. The van der Waals surface area contributed by atoms with Crippen LogP contribution < -0.4 is 5.32 Å². The van der Waals surface area contributed by atoms with Crippen LogP contribution in [0.5, 0.6) is 0 Å². The van der Waals surface area contributed by atoms with Gasteiger partial charge in [-0.3, -0.25) is 0 Å². The molecule has 0 heterocycles. The molecule has 2 atom stereocenters. The second-order valence-electron chi connectivity index (χ2n) is 5.07. The van der Waals surface area contributed by atoms with E-state index in [1.807, 2.05) is 31.3 Å². The van der Waals surface area contributed by atoms with Gasteiger partial charge in [-0.1, -0.05) is 72.6 Å². The molecule has 0 aliphatic rings. The second-order valence-corrected chi connectivity index (χ2v) is 5.86. The van der Waals surface area contributed by atoms with Crippen molar-refractivity contribution in [2.45, 2.75) is 19.4 Å². The summed E-state index contributed by atoms with van der Waals surface area (Å²) in [4.78, 5) is 0. The first-order valence-corrected chi connectivity index (χ1v) is 7.54. The van der Waals surface area contributed by atoms with Crippen LogP contribution in [-0.4, -0.2) is 7.05 Å². The van der Waals surface area contributed by atoms with Gasteiger partial charge < -0.3 is 5.32 Å². The van der Waals surface area contributed by atoms with E-state index in [1.165, 1.54) is 5.56 Å². The minimum atomic E-state index is 0.297. The van der Waals surface area contributed by atoms with E-state index in [0.717, 1.165) is 12.0 Å². The Morgan fingerprint density at radius 2 is 1.70 bits per heavy atom. The SMILES string of the molecule is CNC(c1ccccc1)C(C)Cc1cccc(Cl)c1Cl. The summed E-state index contributed by atoms with van der Waals surface area (Å²) >= 11 is 12.4. The second kappa shape index (κ2) is 7.12. The van der Waals surface area contributed by atoms with Crippen molar-refractivity contribution >= 4 is 23.2 Å². The Balaban J connectivity index is 2.18. The zero-order valence-corrected chi connectivity index (χ0v) is 13.2. The Labute approximate surface area is 130 Å². The highest BCUT2D eigenvalue weighted by Gasteiger charge is 2.19. The monoisotopic (exact) mass is 307 g/mol. The van der Waals surface area contributed by atoms with Gasteiger partial charge in [0.2, 0.25) is 0 Å². The van der Waals surface area contributed by atoms with Crippen molar-refractivity contribution in [3.8, 4) is 0 Å². The standard InChI is InChI=1S/C17H19Cl2N/c1-12(11-14-9-6-10-15(18)16(14)19)17(20-2)13-7-4-3-5-8-13/h3-10,12,17,20H,11H2,1-2H3. The van der Waals surface area contributed by atoms with Gasteiger partial charge in [-0.25, -0.2) is 0 Å². The van der Waals surface area contributed by atoms with E-state index in [0.29, 0.717) is 22.0 Å². The number of nitrogens with one attached hydrogen (secondary N) is 1. The molecule has 0 aliphatic heterocycles. The number of benzene rings is 2. The van der Waals surface area contributed by atoms with Crippen LogP contribution in [0.25, 0.3) is 0 Å². The van der Waals surface area contributed by atoms with Crippen LogP contribution in [0.2, 0.25) is 10.0 Å². The first kappa shape index (κ1) is 15.4. The van der Waals surface area contributed by atoms with Gasteiger partial charge in [-0.05, 0) is 36.6 Å². The Bertz CT molecular complexity index is 554. The smallest absolute Gasteiger partial charge is 0.0624 e. The normalized spacial score (nSPS) is 14.0. The van der Waals surface area contributed by atoms with Gasteiger partial charge in [-0.15, -0.1) is 0 Å². The Morgan fingerprint density at radius 1 is 1.00 bits per heavy atom. The number of hydrogen-bond donors (Lipinski definition) is 1. The maximum Gasteiger partial charge on any atom is 0.0624 e. The summed E-state index contributed by atoms with van der Waals surface area (Å²) in [5.74, 6) is 0.415. The van der Waals surface area contributed by atoms with Crippen molar-refractivity contribution in [1.82, 2.24) is 5.32 Å². The van der Waals surface area contributed by atoms with Crippen molar-refractivity contribution in [1.29, 1.82) is 0 Å². The molecule has 0 saturated carbocycles. The van der Waals surface area contributed by atoms with Gasteiger partial charge in [-0.2, -0.15) is 0 Å². The molecule has 1 nitrogen and oxygen atoms in total.